The predicted octanol–water partition coefficient (Wildman–Crippen LogP) is 1.36. The molecule has 1 aromatic carbocycles. The van der Waals surface area contributed by atoms with E-state index in [4.69, 9.17) is 5.11 Å². The van der Waals surface area contributed by atoms with Crippen LogP contribution in [-0.4, -0.2) is 21.0 Å². The number of carboxylic acids is 1. The van der Waals surface area contributed by atoms with Crippen molar-refractivity contribution in [3.05, 3.63) is 46.2 Å². The van der Waals surface area contributed by atoms with Crippen LogP contribution >= 0.6 is 12.4 Å². The number of pyridine rings is 1. The van der Waals surface area contributed by atoms with Crippen molar-refractivity contribution in [1.82, 2.24) is 4.73 Å². The molecule has 2 N–H and O–H groups in total. The van der Waals surface area contributed by atoms with Gasteiger partial charge in [0.25, 0.3) is 0 Å². The SMILES string of the molecule is Cl.O=C(O)c1cn(O)c2ccccc2c1=O. The molecule has 0 fully saturated rings. The summed E-state index contributed by atoms with van der Waals surface area (Å²) in [5.74, 6) is -1.35. The average Bonchev–Trinajstić information content (AvgIpc) is 2.23. The molecule has 0 radical (unpaired) electrons. The van der Waals surface area contributed by atoms with E-state index in [1.807, 2.05) is 0 Å². The molecule has 0 atom stereocenters. The zero-order valence-corrected chi connectivity index (χ0v) is 8.77. The Bertz CT molecular complexity index is 605. The van der Waals surface area contributed by atoms with Crippen LogP contribution in [0.5, 0.6) is 0 Å². The van der Waals surface area contributed by atoms with Crippen molar-refractivity contribution in [1.29, 1.82) is 0 Å². The highest BCUT2D eigenvalue weighted by Crippen LogP contribution is 2.09. The summed E-state index contributed by atoms with van der Waals surface area (Å²) >= 11 is 0. The summed E-state index contributed by atoms with van der Waals surface area (Å²) in [6.07, 6.45) is 0.896. The van der Waals surface area contributed by atoms with Crippen LogP contribution in [0, 0.1) is 0 Å². The van der Waals surface area contributed by atoms with E-state index in [2.05, 4.69) is 0 Å². The highest BCUT2D eigenvalue weighted by Gasteiger charge is 2.13. The third kappa shape index (κ3) is 1.72. The zero-order valence-electron chi connectivity index (χ0n) is 7.95. The summed E-state index contributed by atoms with van der Waals surface area (Å²) < 4.78 is 0.639. The highest BCUT2D eigenvalue weighted by molar-refractivity contribution is 5.92. The maximum Gasteiger partial charge on any atom is 0.341 e. The second kappa shape index (κ2) is 4.24. The topological polar surface area (TPSA) is 79.5 Å². The molecule has 0 unspecified atom stereocenters. The van der Waals surface area contributed by atoms with E-state index in [1.54, 1.807) is 12.1 Å². The number of para-hydroxylation sites is 1. The van der Waals surface area contributed by atoms with Gasteiger partial charge >= 0.3 is 5.97 Å². The standard InChI is InChI=1S/C10H7NO4.ClH/c12-9-6-3-1-2-4-8(6)11(15)5-7(9)10(13)14;/h1-5,15H,(H,13,14);1H. The van der Waals surface area contributed by atoms with Gasteiger partial charge in [0.2, 0.25) is 5.43 Å². The van der Waals surface area contributed by atoms with Gasteiger partial charge in [-0.15, -0.1) is 12.4 Å². The Balaban J connectivity index is 0.00000128. The van der Waals surface area contributed by atoms with Gasteiger partial charge in [-0.05, 0) is 12.1 Å². The van der Waals surface area contributed by atoms with Crippen LogP contribution in [0.4, 0.5) is 0 Å². The van der Waals surface area contributed by atoms with E-state index < -0.39 is 17.0 Å². The van der Waals surface area contributed by atoms with E-state index in [9.17, 15) is 14.8 Å². The Kier molecular flexibility index (Phi) is 3.20. The summed E-state index contributed by atoms with van der Waals surface area (Å²) in [6, 6.07) is 6.25. The van der Waals surface area contributed by atoms with E-state index in [0.717, 1.165) is 6.20 Å². The van der Waals surface area contributed by atoms with Gasteiger partial charge in [-0.25, -0.2) is 4.79 Å². The van der Waals surface area contributed by atoms with Crippen molar-refractivity contribution >= 4 is 29.3 Å². The Morgan fingerprint density at radius 2 is 1.88 bits per heavy atom. The lowest BCUT2D eigenvalue weighted by molar-refractivity contribution is 0.0691. The molecule has 1 heterocycles. The fraction of sp³-hybridized carbons (Fsp3) is 0. The molecule has 0 aliphatic heterocycles. The first-order valence-corrected chi connectivity index (χ1v) is 4.18. The molecule has 0 saturated heterocycles. The van der Waals surface area contributed by atoms with Crippen molar-refractivity contribution in [2.45, 2.75) is 0 Å². The van der Waals surface area contributed by atoms with Gasteiger partial charge in [-0.3, -0.25) is 4.79 Å². The first-order valence-electron chi connectivity index (χ1n) is 4.18. The van der Waals surface area contributed by atoms with Crippen LogP contribution in [0.25, 0.3) is 10.9 Å². The predicted molar refractivity (Wildman–Crippen MR) is 59.6 cm³/mol. The smallest absolute Gasteiger partial charge is 0.341 e. The maximum atomic E-state index is 11.6. The van der Waals surface area contributed by atoms with E-state index in [0.29, 0.717) is 4.73 Å². The summed E-state index contributed by atoms with van der Waals surface area (Å²) in [7, 11) is 0. The summed E-state index contributed by atoms with van der Waals surface area (Å²) in [5, 5.41) is 18.3. The van der Waals surface area contributed by atoms with Crippen LogP contribution in [0.2, 0.25) is 0 Å². The third-order valence-electron chi connectivity index (χ3n) is 2.12. The largest absolute Gasteiger partial charge is 0.477 e. The van der Waals surface area contributed by atoms with E-state index in [-0.39, 0.29) is 23.3 Å². The lowest BCUT2D eigenvalue weighted by Gasteiger charge is -2.04. The van der Waals surface area contributed by atoms with Crippen LogP contribution in [-0.2, 0) is 0 Å². The molecule has 16 heavy (non-hydrogen) atoms. The van der Waals surface area contributed by atoms with Gasteiger partial charge in [0.1, 0.15) is 5.56 Å². The second-order valence-corrected chi connectivity index (χ2v) is 3.04. The quantitative estimate of drug-likeness (QED) is 0.739. The maximum absolute atomic E-state index is 11.6. The van der Waals surface area contributed by atoms with Gasteiger partial charge in [-0.1, -0.05) is 12.1 Å². The average molecular weight is 242 g/mol. The van der Waals surface area contributed by atoms with Gasteiger partial charge in [-0.2, -0.15) is 4.73 Å². The fourth-order valence-corrected chi connectivity index (χ4v) is 1.41. The molecule has 0 spiro atoms. The lowest BCUT2D eigenvalue weighted by Crippen LogP contribution is -2.17. The molecule has 0 bridgehead atoms. The van der Waals surface area contributed by atoms with E-state index >= 15 is 0 Å². The Labute approximate surface area is 95.9 Å². The number of aromatic carboxylic acids is 1. The molecule has 5 nitrogen and oxygen atoms in total. The van der Waals surface area contributed by atoms with Gasteiger partial charge in [0.05, 0.1) is 11.7 Å². The highest BCUT2D eigenvalue weighted by atomic mass is 35.5. The first-order chi connectivity index (χ1) is 7.11. The molecule has 0 amide bonds. The number of hydrogen-bond donors (Lipinski definition) is 2. The summed E-state index contributed by atoms with van der Waals surface area (Å²) in [4.78, 5) is 22.3. The number of halogens is 1. The number of rotatable bonds is 1. The number of fused-ring (bicyclic) bond motifs is 1. The summed E-state index contributed by atoms with van der Waals surface area (Å²) in [5.41, 5.74) is -0.757. The number of nitrogens with zero attached hydrogens (tertiary/aromatic N) is 1. The minimum atomic E-state index is -1.35. The third-order valence-corrected chi connectivity index (χ3v) is 2.12. The van der Waals surface area contributed by atoms with Crippen molar-refractivity contribution in [3.8, 4) is 0 Å². The van der Waals surface area contributed by atoms with Crippen LogP contribution in [0.15, 0.2) is 35.3 Å². The van der Waals surface area contributed by atoms with Crippen molar-refractivity contribution in [2.24, 2.45) is 0 Å². The molecule has 6 heteroatoms. The Morgan fingerprint density at radius 3 is 2.50 bits per heavy atom. The van der Waals surface area contributed by atoms with Crippen LogP contribution in [0.3, 0.4) is 0 Å². The normalized spacial score (nSPS) is 9.75. The van der Waals surface area contributed by atoms with Crippen molar-refractivity contribution in [3.63, 3.8) is 0 Å². The number of aromatic nitrogens is 1. The first kappa shape index (κ1) is 12.1. The molecule has 1 aromatic heterocycles. The molecular weight excluding hydrogens is 234 g/mol. The fourth-order valence-electron chi connectivity index (χ4n) is 1.41. The minimum absolute atomic E-state index is 0. The molecule has 84 valence electrons. The second-order valence-electron chi connectivity index (χ2n) is 3.04. The van der Waals surface area contributed by atoms with Crippen molar-refractivity contribution in [2.75, 3.05) is 0 Å². The molecule has 2 rings (SSSR count). The molecule has 0 aliphatic rings. The van der Waals surface area contributed by atoms with Gasteiger partial charge in [0.15, 0.2) is 0 Å². The molecule has 2 aromatic rings. The van der Waals surface area contributed by atoms with Crippen LogP contribution < -0.4 is 5.43 Å². The summed E-state index contributed by atoms with van der Waals surface area (Å²) in [6.45, 7) is 0. The molecule has 0 aliphatic carbocycles. The van der Waals surface area contributed by atoms with E-state index in [1.165, 1.54) is 12.1 Å². The molecular formula is C10H8ClNO4. The Morgan fingerprint density at radius 1 is 1.25 bits per heavy atom. The van der Waals surface area contributed by atoms with Crippen LogP contribution in [0.1, 0.15) is 10.4 Å². The lowest BCUT2D eigenvalue weighted by atomic mass is 10.1. The van der Waals surface area contributed by atoms with Crippen molar-refractivity contribution < 1.29 is 15.1 Å². The van der Waals surface area contributed by atoms with Gasteiger partial charge < -0.3 is 10.3 Å². The monoisotopic (exact) mass is 241 g/mol. The number of carbonyl (C=O) groups is 1. The molecule has 0 saturated carbocycles. The minimum Gasteiger partial charge on any atom is -0.477 e. The Hall–Kier alpha value is -2.01. The zero-order chi connectivity index (χ0) is 11.0. The number of carboxylic acid groups (broad SMARTS) is 1. The number of benzene rings is 1. The van der Waals surface area contributed by atoms with Gasteiger partial charge in [0, 0.05) is 5.39 Å². The number of hydrogen-bond acceptors (Lipinski definition) is 3.